The molecule has 0 unspecified atom stereocenters. The summed E-state index contributed by atoms with van der Waals surface area (Å²) in [5.74, 6) is 0. The van der Waals surface area contributed by atoms with Gasteiger partial charge in [0.05, 0.1) is 19.6 Å². The predicted molar refractivity (Wildman–Crippen MR) is 184 cm³/mol. The summed E-state index contributed by atoms with van der Waals surface area (Å²) in [5.41, 5.74) is 1.50. The van der Waals surface area contributed by atoms with Crippen LogP contribution in [0.4, 0.5) is 0 Å². The number of nitrogens with zero attached hydrogens (tertiary/aromatic N) is 1. The van der Waals surface area contributed by atoms with Gasteiger partial charge in [-0.15, -0.1) is 0 Å². The zero-order valence-electron chi connectivity index (χ0n) is 28.5. The lowest BCUT2D eigenvalue weighted by Gasteiger charge is -2.40. The second-order valence-electron chi connectivity index (χ2n) is 13.2. The first-order valence-corrected chi connectivity index (χ1v) is 20.5. The maximum absolute atomic E-state index is 5.86. The number of unbranched alkanes of at least 4 members (excludes halogenated alkanes) is 18. The summed E-state index contributed by atoms with van der Waals surface area (Å²) < 4.78 is 13.0. The van der Waals surface area contributed by atoms with Crippen LogP contribution in [0.15, 0.2) is 30.3 Å². The van der Waals surface area contributed by atoms with Crippen LogP contribution in [0.25, 0.3) is 0 Å². The van der Waals surface area contributed by atoms with Crippen molar-refractivity contribution in [3.63, 3.8) is 0 Å². The van der Waals surface area contributed by atoms with E-state index in [9.17, 15) is 0 Å². The molecule has 0 aromatic heterocycles. The highest BCUT2D eigenvalue weighted by Crippen LogP contribution is 2.24. The largest absolute Gasteiger partial charge is 0.398 e. The average molecular weight is 591 g/mol. The third-order valence-corrected chi connectivity index (χ3v) is 12.4. The Balaban J connectivity index is 2.68. The van der Waals surface area contributed by atoms with E-state index in [0.717, 1.165) is 6.04 Å². The number of quaternary nitrogens is 1. The molecule has 240 valence electrons. The highest BCUT2D eigenvalue weighted by atomic mass is 28.4. The molecule has 0 heterocycles. The van der Waals surface area contributed by atoms with E-state index in [-0.39, 0.29) is 0 Å². The van der Waals surface area contributed by atoms with Gasteiger partial charge in [0.2, 0.25) is 0 Å². The van der Waals surface area contributed by atoms with Crippen LogP contribution in [0.2, 0.25) is 12.6 Å². The minimum Gasteiger partial charge on any atom is -0.398 e. The highest BCUT2D eigenvalue weighted by Gasteiger charge is 2.32. The molecule has 0 atom stereocenters. The lowest BCUT2D eigenvalue weighted by Crippen LogP contribution is -2.50. The van der Waals surface area contributed by atoms with Crippen LogP contribution in [0.1, 0.15) is 154 Å². The van der Waals surface area contributed by atoms with E-state index in [0.29, 0.717) is 0 Å². The minimum absolute atomic E-state index is 1.09. The Labute approximate surface area is 259 Å². The Kier molecular flexibility index (Phi) is 24.1. The van der Waals surface area contributed by atoms with Gasteiger partial charge < -0.3 is 13.3 Å². The van der Waals surface area contributed by atoms with Crippen LogP contribution in [0, 0.1) is 0 Å². The molecule has 0 aliphatic carbocycles. The van der Waals surface area contributed by atoms with Crippen LogP contribution in [-0.4, -0.2) is 46.9 Å². The van der Waals surface area contributed by atoms with Gasteiger partial charge in [-0.1, -0.05) is 147 Å². The van der Waals surface area contributed by atoms with Crippen LogP contribution in [-0.2, 0) is 15.4 Å². The van der Waals surface area contributed by atoms with E-state index in [4.69, 9.17) is 8.85 Å². The average Bonchev–Trinajstić information content (AvgIpc) is 2.99. The molecule has 41 heavy (non-hydrogen) atoms. The molecule has 1 aromatic rings. The maximum atomic E-state index is 5.86. The third kappa shape index (κ3) is 20.0. The van der Waals surface area contributed by atoms with Crippen molar-refractivity contribution < 1.29 is 13.3 Å². The number of hydrogen-bond donors (Lipinski definition) is 0. The first kappa shape index (κ1) is 38.3. The Hall–Kier alpha value is -0.683. The van der Waals surface area contributed by atoms with Gasteiger partial charge in [-0.25, -0.2) is 0 Å². The first-order chi connectivity index (χ1) is 20.0. The standard InChI is InChI=1S/C37H72NO2Si/c1-6-8-10-12-14-16-18-20-22-27-32-38(36-37-30-25-24-26-31-37,34-29-35-41(5,39-3)40-4)33-28-23-21-19-17-15-13-11-9-7-2/h24-26,30-31H,6-23,27-29,32-36H2,1-5H3/q+1. The lowest BCUT2D eigenvalue weighted by atomic mass is 10.0. The van der Waals surface area contributed by atoms with Gasteiger partial charge in [-0.3, -0.25) is 0 Å². The number of hydrogen-bond acceptors (Lipinski definition) is 2. The van der Waals surface area contributed by atoms with Gasteiger partial charge in [-0.05, 0) is 44.7 Å². The molecule has 0 spiro atoms. The molecule has 0 aliphatic rings. The summed E-state index contributed by atoms with van der Waals surface area (Å²) in [6, 6.07) is 12.4. The van der Waals surface area contributed by atoms with Crippen LogP contribution >= 0.6 is 0 Å². The Morgan fingerprint density at radius 3 is 1.27 bits per heavy atom. The summed E-state index contributed by atoms with van der Waals surface area (Å²) in [4.78, 5) is 0. The monoisotopic (exact) mass is 591 g/mol. The summed E-state index contributed by atoms with van der Waals surface area (Å²) in [5, 5.41) is 0. The SMILES string of the molecule is CCCCCCCCCCCC[N+](CCCCCCCCCCCC)(CCC[Si](C)(OC)OC)Cc1ccccc1. The van der Waals surface area contributed by atoms with Crippen LogP contribution in [0.3, 0.4) is 0 Å². The molecule has 0 saturated carbocycles. The molecule has 0 fully saturated rings. The fourth-order valence-electron chi connectivity index (χ4n) is 6.44. The fraction of sp³-hybridized carbons (Fsp3) is 0.838. The summed E-state index contributed by atoms with van der Waals surface area (Å²) in [7, 11) is 1.66. The molecule has 1 rings (SSSR count). The zero-order chi connectivity index (χ0) is 29.9. The summed E-state index contributed by atoms with van der Waals surface area (Å²) in [6.07, 6.45) is 29.4. The zero-order valence-corrected chi connectivity index (χ0v) is 29.5. The molecule has 0 amide bonds. The highest BCUT2D eigenvalue weighted by molar-refractivity contribution is 6.65. The third-order valence-electron chi connectivity index (χ3n) is 9.46. The minimum atomic E-state index is -2.03. The molecule has 4 heteroatoms. The van der Waals surface area contributed by atoms with E-state index in [1.807, 2.05) is 14.2 Å². The van der Waals surface area contributed by atoms with Crippen molar-refractivity contribution in [2.24, 2.45) is 0 Å². The second-order valence-corrected chi connectivity index (χ2v) is 16.7. The Morgan fingerprint density at radius 2 is 0.878 bits per heavy atom. The fourth-order valence-corrected chi connectivity index (χ4v) is 7.81. The normalized spacial score (nSPS) is 12.3. The van der Waals surface area contributed by atoms with Crippen molar-refractivity contribution in [3.05, 3.63) is 35.9 Å². The number of rotatable bonds is 30. The molecule has 1 aromatic carbocycles. The molecule has 0 N–H and O–H groups in total. The van der Waals surface area contributed by atoms with E-state index in [1.54, 1.807) is 0 Å². The molecule has 0 saturated heterocycles. The first-order valence-electron chi connectivity index (χ1n) is 18.0. The van der Waals surface area contributed by atoms with Crippen molar-refractivity contribution in [2.75, 3.05) is 33.9 Å². The maximum Gasteiger partial charge on any atom is 0.334 e. The van der Waals surface area contributed by atoms with E-state index >= 15 is 0 Å². The van der Waals surface area contributed by atoms with Crippen molar-refractivity contribution >= 4 is 8.56 Å². The molecule has 3 nitrogen and oxygen atoms in total. The quantitative estimate of drug-likeness (QED) is 0.0504. The van der Waals surface area contributed by atoms with Gasteiger partial charge in [0.25, 0.3) is 0 Å². The second kappa shape index (κ2) is 25.8. The molecule has 0 bridgehead atoms. The summed E-state index contributed by atoms with van der Waals surface area (Å²) >= 11 is 0. The van der Waals surface area contributed by atoms with Crippen molar-refractivity contribution in [2.45, 2.75) is 168 Å². The van der Waals surface area contributed by atoms with Gasteiger partial charge in [-0.2, -0.15) is 0 Å². The Bertz CT molecular complexity index is 655. The van der Waals surface area contributed by atoms with Crippen LogP contribution < -0.4 is 0 Å². The van der Waals surface area contributed by atoms with Crippen molar-refractivity contribution in [1.29, 1.82) is 0 Å². The predicted octanol–water partition coefficient (Wildman–Crippen LogP) is 11.6. The molecular weight excluding hydrogens is 518 g/mol. The van der Waals surface area contributed by atoms with E-state index in [2.05, 4.69) is 50.7 Å². The lowest BCUT2D eigenvalue weighted by molar-refractivity contribution is -0.941. The number of benzene rings is 1. The van der Waals surface area contributed by atoms with E-state index in [1.165, 1.54) is 171 Å². The Morgan fingerprint density at radius 1 is 0.512 bits per heavy atom. The van der Waals surface area contributed by atoms with Gasteiger partial charge in [0.1, 0.15) is 6.54 Å². The summed E-state index contributed by atoms with van der Waals surface area (Å²) in [6.45, 7) is 11.9. The molecule has 0 radical (unpaired) electrons. The van der Waals surface area contributed by atoms with Crippen molar-refractivity contribution in [3.8, 4) is 0 Å². The van der Waals surface area contributed by atoms with Gasteiger partial charge >= 0.3 is 8.56 Å². The van der Waals surface area contributed by atoms with Gasteiger partial charge in [0.15, 0.2) is 0 Å². The van der Waals surface area contributed by atoms with Crippen LogP contribution in [0.5, 0.6) is 0 Å². The van der Waals surface area contributed by atoms with Crippen molar-refractivity contribution in [1.82, 2.24) is 0 Å². The van der Waals surface area contributed by atoms with Gasteiger partial charge in [0, 0.05) is 19.8 Å². The molecular formula is C37H72NO2Si+. The smallest absolute Gasteiger partial charge is 0.334 e. The topological polar surface area (TPSA) is 18.5 Å². The van der Waals surface area contributed by atoms with E-state index < -0.39 is 8.56 Å². The molecule has 0 aliphatic heterocycles.